The van der Waals surface area contributed by atoms with Crippen molar-refractivity contribution < 1.29 is 4.79 Å². The molecule has 0 aliphatic rings. The van der Waals surface area contributed by atoms with Crippen LogP contribution >= 0.6 is 24.0 Å². The molecular formula is C16H19Cl2N3O. The predicted octanol–water partition coefficient (Wildman–Crippen LogP) is 3.50. The van der Waals surface area contributed by atoms with Gasteiger partial charge in [0.25, 0.3) is 0 Å². The first-order valence-electron chi connectivity index (χ1n) is 6.69. The third-order valence-electron chi connectivity index (χ3n) is 3.49. The number of pyridine rings is 1. The molecule has 2 aromatic rings. The second-order valence-corrected chi connectivity index (χ2v) is 5.43. The van der Waals surface area contributed by atoms with Gasteiger partial charge in [-0.3, -0.25) is 9.78 Å². The molecule has 6 heteroatoms. The maximum absolute atomic E-state index is 12.3. The number of aromatic nitrogens is 1. The van der Waals surface area contributed by atoms with E-state index in [2.05, 4.69) is 4.98 Å². The Labute approximate surface area is 141 Å². The van der Waals surface area contributed by atoms with Gasteiger partial charge < -0.3 is 10.6 Å². The lowest BCUT2D eigenvalue weighted by molar-refractivity contribution is -0.131. The number of likely N-dealkylation sites (N-methyl/N-ethyl adjacent to an activating group) is 1. The largest absolute Gasteiger partial charge is 0.397 e. The van der Waals surface area contributed by atoms with Crippen LogP contribution in [-0.4, -0.2) is 22.8 Å². The van der Waals surface area contributed by atoms with Crippen LogP contribution in [0.3, 0.4) is 0 Å². The molecule has 1 atom stereocenters. The molecule has 1 amide bonds. The Hall–Kier alpha value is -1.78. The van der Waals surface area contributed by atoms with Crippen molar-refractivity contribution in [2.45, 2.75) is 19.4 Å². The van der Waals surface area contributed by atoms with E-state index in [-0.39, 0.29) is 30.8 Å². The normalized spacial score (nSPS) is 11.4. The van der Waals surface area contributed by atoms with Crippen molar-refractivity contribution in [2.75, 3.05) is 12.8 Å². The third kappa shape index (κ3) is 4.61. The lowest BCUT2D eigenvalue weighted by Crippen LogP contribution is -2.31. The number of carbonyl (C=O) groups excluding carboxylic acids is 1. The molecule has 0 aliphatic heterocycles. The van der Waals surface area contributed by atoms with E-state index in [4.69, 9.17) is 17.3 Å². The van der Waals surface area contributed by atoms with Crippen molar-refractivity contribution in [3.63, 3.8) is 0 Å². The van der Waals surface area contributed by atoms with Gasteiger partial charge in [-0.2, -0.15) is 0 Å². The smallest absolute Gasteiger partial charge is 0.228 e. The molecule has 1 heterocycles. The number of carbonyl (C=O) groups is 1. The van der Waals surface area contributed by atoms with Gasteiger partial charge >= 0.3 is 0 Å². The van der Waals surface area contributed by atoms with Gasteiger partial charge in [0.05, 0.1) is 24.3 Å². The van der Waals surface area contributed by atoms with Crippen LogP contribution in [0.2, 0.25) is 5.02 Å². The molecular weight excluding hydrogens is 321 g/mol. The van der Waals surface area contributed by atoms with Gasteiger partial charge in [0.2, 0.25) is 5.91 Å². The molecule has 0 radical (unpaired) electrons. The topological polar surface area (TPSA) is 59.2 Å². The van der Waals surface area contributed by atoms with Crippen molar-refractivity contribution in [1.29, 1.82) is 0 Å². The first-order valence-corrected chi connectivity index (χ1v) is 7.06. The Morgan fingerprint density at radius 1 is 1.36 bits per heavy atom. The monoisotopic (exact) mass is 339 g/mol. The standard InChI is InChI=1S/C16H18ClN3O.ClH/c1-11(12-4-3-5-13(17)8-12)20(2)16(21)9-15-7-6-14(18)10-19-15;/h3-8,10-11H,9,18H2,1-2H3;1H. The average Bonchev–Trinajstić information content (AvgIpc) is 2.48. The second kappa shape index (κ2) is 8.01. The zero-order chi connectivity index (χ0) is 15.4. The molecule has 22 heavy (non-hydrogen) atoms. The molecule has 1 aromatic heterocycles. The SMILES string of the molecule is CC(c1cccc(Cl)c1)N(C)C(=O)Cc1ccc(N)cn1.Cl. The fraction of sp³-hybridized carbons (Fsp3) is 0.250. The number of rotatable bonds is 4. The first kappa shape index (κ1) is 18.3. The van der Waals surface area contributed by atoms with Gasteiger partial charge in [-0.15, -0.1) is 12.4 Å². The quantitative estimate of drug-likeness (QED) is 0.927. The molecule has 0 saturated heterocycles. The number of anilines is 1. The Kier molecular flexibility index (Phi) is 6.65. The zero-order valence-corrected chi connectivity index (χ0v) is 14.1. The minimum atomic E-state index is -0.0509. The van der Waals surface area contributed by atoms with Crippen LogP contribution in [0.15, 0.2) is 42.6 Å². The number of nitrogens with zero attached hydrogens (tertiary/aromatic N) is 2. The second-order valence-electron chi connectivity index (χ2n) is 5.00. The number of nitrogen functional groups attached to an aromatic ring is 1. The maximum Gasteiger partial charge on any atom is 0.228 e. The molecule has 1 aromatic carbocycles. The Bertz CT molecular complexity index is 632. The third-order valence-corrected chi connectivity index (χ3v) is 3.72. The predicted molar refractivity (Wildman–Crippen MR) is 92.2 cm³/mol. The van der Waals surface area contributed by atoms with Crippen LogP contribution in [0.4, 0.5) is 5.69 Å². The molecule has 1 unspecified atom stereocenters. The minimum absolute atomic E-state index is 0. The van der Waals surface area contributed by atoms with E-state index in [1.165, 1.54) is 0 Å². The summed E-state index contributed by atoms with van der Waals surface area (Å²) in [6.45, 7) is 1.97. The number of nitrogens with two attached hydrogens (primary N) is 1. The van der Waals surface area contributed by atoms with Crippen LogP contribution in [0.25, 0.3) is 0 Å². The van der Waals surface area contributed by atoms with E-state index >= 15 is 0 Å². The summed E-state index contributed by atoms with van der Waals surface area (Å²) in [7, 11) is 1.78. The van der Waals surface area contributed by atoms with Crippen LogP contribution in [0.5, 0.6) is 0 Å². The summed E-state index contributed by atoms with van der Waals surface area (Å²) >= 11 is 5.99. The van der Waals surface area contributed by atoms with Crippen LogP contribution in [-0.2, 0) is 11.2 Å². The first-order chi connectivity index (χ1) is 9.97. The molecule has 0 bridgehead atoms. The van der Waals surface area contributed by atoms with Gasteiger partial charge in [-0.1, -0.05) is 23.7 Å². The number of halogens is 2. The highest BCUT2D eigenvalue weighted by Gasteiger charge is 2.18. The number of benzene rings is 1. The zero-order valence-electron chi connectivity index (χ0n) is 12.5. The van der Waals surface area contributed by atoms with Crippen LogP contribution in [0, 0.1) is 0 Å². The van der Waals surface area contributed by atoms with Crippen molar-refractivity contribution in [3.05, 3.63) is 58.9 Å². The Balaban J connectivity index is 0.00000242. The number of hydrogen-bond acceptors (Lipinski definition) is 3. The van der Waals surface area contributed by atoms with Crippen molar-refractivity contribution in [2.24, 2.45) is 0 Å². The highest BCUT2D eigenvalue weighted by atomic mass is 35.5. The molecule has 2 N–H and O–H groups in total. The highest BCUT2D eigenvalue weighted by molar-refractivity contribution is 6.30. The van der Waals surface area contributed by atoms with E-state index in [0.717, 1.165) is 5.56 Å². The Morgan fingerprint density at radius 3 is 2.68 bits per heavy atom. The van der Waals surface area contributed by atoms with E-state index in [9.17, 15) is 4.79 Å². The fourth-order valence-corrected chi connectivity index (χ4v) is 2.22. The number of amides is 1. The molecule has 0 spiro atoms. The van der Waals surface area contributed by atoms with Crippen LogP contribution < -0.4 is 5.73 Å². The molecule has 0 saturated carbocycles. The summed E-state index contributed by atoms with van der Waals surface area (Å²) in [5, 5.41) is 0.667. The maximum atomic E-state index is 12.3. The summed E-state index contributed by atoms with van der Waals surface area (Å²) in [6.07, 6.45) is 1.81. The summed E-state index contributed by atoms with van der Waals surface area (Å²) in [6, 6.07) is 11.0. The Morgan fingerprint density at radius 2 is 2.09 bits per heavy atom. The molecule has 0 aliphatic carbocycles. The van der Waals surface area contributed by atoms with Gasteiger partial charge in [0.1, 0.15) is 0 Å². The van der Waals surface area contributed by atoms with Crippen molar-refractivity contribution in [3.8, 4) is 0 Å². The highest BCUT2D eigenvalue weighted by Crippen LogP contribution is 2.22. The van der Waals surface area contributed by atoms with Crippen molar-refractivity contribution >= 4 is 35.6 Å². The van der Waals surface area contributed by atoms with Gasteiger partial charge in [0.15, 0.2) is 0 Å². The van der Waals surface area contributed by atoms with E-state index < -0.39 is 0 Å². The average molecular weight is 340 g/mol. The molecule has 0 fully saturated rings. The summed E-state index contributed by atoms with van der Waals surface area (Å²) in [5.74, 6) is -0.000234. The van der Waals surface area contributed by atoms with Gasteiger partial charge in [-0.25, -0.2) is 0 Å². The van der Waals surface area contributed by atoms with Crippen LogP contribution in [0.1, 0.15) is 24.2 Å². The molecule has 2 rings (SSSR count). The summed E-state index contributed by atoms with van der Waals surface area (Å²) in [4.78, 5) is 18.2. The lowest BCUT2D eigenvalue weighted by Gasteiger charge is -2.25. The lowest BCUT2D eigenvalue weighted by atomic mass is 10.1. The molecule has 118 valence electrons. The van der Waals surface area contributed by atoms with Gasteiger partial charge in [0, 0.05) is 17.8 Å². The van der Waals surface area contributed by atoms with E-state index in [0.29, 0.717) is 16.4 Å². The summed E-state index contributed by atoms with van der Waals surface area (Å²) < 4.78 is 0. The summed E-state index contributed by atoms with van der Waals surface area (Å²) in [5.41, 5.74) is 7.89. The van der Waals surface area contributed by atoms with E-state index in [1.54, 1.807) is 30.3 Å². The fourth-order valence-electron chi connectivity index (χ4n) is 2.03. The van der Waals surface area contributed by atoms with Gasteiger partial charge in [-0.05, 0) is 36.8 Å². The van der Waals surface area contributed by atoms with E-state index in [1.807, 2.05) is 31.2 Å². The number of hydrogen-bond donors (Lipinski definition) is 1. The minimum Gasteiger partial charge on any atom is -0.397 e. The van der Waals surface area contributed by atoms with Crippen molar-refractivity contribution in [1.82, 2.24) is 9.88 Å². The molecule has 4 nitrogen and oxygen atoms in total.